The standard InChI is InChI=1S/C20H17ClN2O5/c1-28-19(27)20(10-16(22)24)15-5-3-2-4-14(15)17(25)23(18(20)26)11-12-6-8-13(21)9-7-12/h2-9H,10-11H2,1H3,(H2,22,24). The Hall–Kier alpha value is -3.19. The second kappa shape index (κ2) is 7.44. The van der Waals surface area contributed by atoms with Crippen molar-refractivity contribution in [2.24, 2.45) is 5.73 Å². The molecule has 0 radical (unpaired) electrons. The Morgan fingerprint density at radius 1 is 1.11 bits per heavy atom. The number of esters is 1. The molecule has 2 aromatic rings. The number of nitrogens with zero attached hydrogens (tertiary/aromatic N) is 1. The van der Waals surface area contributed by atoms with E-state index < -0.39 is 35.5 Å². The smallest absolute Gasteiger partial charge is 0.326 e. The van der Waals surface area contributed by atoms with Crippen molar-refractivity contribution in [3.05, 3.63) is 70.2 Å². The number of hydrogen-bond donors (Lipinski definition) is 1. The van der Waals surface area contributed by atoms with Gasteiger partial charge in [-0.1, -0.05) is 41.9 Å². The summed E-state index contributed by atoms with van der Waals surface area (Å²) in [5.74, 6) is -3.23. The van der Waals surface area contributed by atoms with Crippen LogP contribution >= 0.6 is 11.6 Å². The molecule has 0 fully saturated rings. The lowest BCUT2D eigenvalue weighted by Crippen LogP contribution is -2.59. The van der Waals surface area contributed by atoms with Crippen LogP contribution in [0.1, 0.15) is 27.9 Å². The molecular weight excluding hydrogens is 384 g/mol. The zero-order valence-electron chi connectivity index (χ0n) is 15.0. The molecule has 0 spiro atoms. The predicted molar refractivity (Wildman–Crippen MR) is 100 cm³/mol. The van der Waals surface area contributed by atoms with Gasteiger partial charge in [-0.3, -0.25) is 24.1 Å². The highest BCUT2D eigenvalue weighted by molar-refractivity contribution is 6.30. The van der Waals surface area contributed by atoms with Crippen LogP contribution < -0.4 is 5.73 Å². The number of carbonyl (C=O) groups excluding carboxylic acids is 4. The quantitative estimate of drug-likeness (QED) is 0.468. The summed E-state index contributed by atoms with van der Waals surface area (Å²) in [5.41, 5.74) is 4.22. The Morgan fingerprint density at radius 2 is 1.75 bits per heavy atom. The molecule has 3 rings (SSSR count). The number of halogens is 1. The van der Waals surface area contributed by atoms with Crippen LogP contribution in [-0.4, -0.2) is 35.7 Å². The van der Waals surface area contributed by atoms with Crippen molar-refractivity contribution < 1.29 is 23.9 Å². The summed E-state index contributed by atoms with van der Waals surface area (Å²) in [6, 6.07) is 12.7. The van der Waals surface area contributed by atoms with Crippen LogP contribution in [0.25, 0.3) is 0 Å². The van der Waals surface area contributed by atoms with Crippen molar-refractivity contribution in [1.29, 1.82) is 0 Å². The lowest BCUT2D eigenvalue weighted by Gasteiger charge is -2.39. The Kier molecular flexibility index (Phi) is 5.20. The summed E-state index contributed by atoms with van der Waals surface area (Å²) in [4.78, 5) is 51.8. The number of methoxy groups -OCH3 is 1. The first-order valence-electron chi connectivity index (χ1n) is 8.38. The average molecular weight is 401 g/mol. The van der Waals surface area contributed by atoms with Crippen LogP contribution in [0.15, 0.2) is 48.5 Å². The fraction of sp³-hybridized carbons (Fsp3) is 0.200. The Bertz CT molecular complexity index is 973. The van der Waals surface area contributed by atoms with Gasteiger partial charge in [-0.15, -0.1) is 0 Å². The van der Waals surface area contributed by atoms with Gasteiger partial charge in [0.25, 0.3) is 11.8 Å². The minimum Gasteiger partial charge on any atom is -0.468 e. The van der Waals surface area contributed by atoms with Gasteiger partial charge in [0, 0.05) is 10.6 Å². The number of amides is 3. The lowest BCUT2D eigenvalue weighted by molar-refractivity contribution is -0.158. The highest BCUT2D eigenvalue weighted by Crippen LogP contribution is 2.39. The number of primary amides is 1. The maximum Gasteiger partial charge on any atom is 0.326 e. The van der Waals surface area contributed by atoms with Crippen molar-refractivity contribution in [2.45, 2.75) is 18.4 Å². The average Bonchev–Trinajstić information content (AvgIpc) is 2.69. The minimum absolute atomic E-state index is 0.0966. The van der Waals surface area contributed by atoms with Crippen molar-refractivity contribution in [3.63, 3.8) is 0 Å². The fourth-order valence-electron chi connectivity index (χ4n) is 3.42. The number of imide groups is 1. The maximum absolute atomic E-state index is 13.4. The molecule has 1 heterocycles. The van der Waals surface area contributed by atoms with Crippen LogP contribution in [-0.2, 0) is 31.1 Å². The van der Waals surface area contributed by atoms with E-state index in [1.807, 2.05) is 0 Å². The molecule has 144 valence electrons. The van der Waals surface area contributed by atoms with Gasteiger partial charge in [0.15, 0.2) is 5.41 Å². The molecule has 8 heteroatoms. The van der Waals surface area contributed by atoms with Crippen LogP contribution in [0, 0.1) is 0 Å². The summed E-state index contributed by atoms with van der Waals surface area (Å²) in [6.45, 7) is -0.0966. The van der Waals surface area contributed by atoms with Gasteiger partial charge in [-0.25, -0.2) is 0 Å². The number of rotatable bonds is 5. The molecule has 1 aliphatic rings. The van der Waals surface area contributed by atoms with E-state index in [9.17, 15) is 19.2 Å². The van der Waals surface area contributed by atoms with Gasteiger partial charge < -0.3 is 10.5 Å². The number of carbonyl (C=O) groups is 4. The normalized spacial score (nSPS) is 18.6. The third-order valence-electron chi connectivity index (χ3n) is 4.70. The number of nitrogens with two attached hydrogens (primary N) is 1. The van der Waals surface area contributed by atoms with E-state index in [1.54, 1.807) is 36.4 Å². The first kappa shape index (κ1) is 19.6. The molecule has 0 bridgehead atoms. The summed E-state index contributed by atoms with van der Waals surface area (Å²) in [7, 11) is 1.11. The maximum atomic E-state index is 13.4. The van der Waals surface area contributed by atoms with Crippen LogP contribution in [0.2, 0.25) is 5.02 Å². The topological polar surface area (TPSA) is 107 Å². The molecule has 2 aromatic carbocycles. The molecule has 1 aliphatic heterocycles. The van der Waals surface area contributed by atoms with E-state index >= 15 is 0 Å². The summed E-state index contributed by atoms with van der Waals surface area (Å²) in [5, 5.41) is 0.503. The molecule has 2 N–H and O–H groups in total. The van der Waals surface area contributed by atoms with E-state index in [4.69, 9.17) is 22.1 Å². The van der Waals surface area contributed by atoms with E-state index in [1.165, 1.54) is 12.1 Å². The zero-order chi connectivity index (χ0) is 20.5. The van der Waals surface area contributed by atoms with E-state index in [0.29, 0.717) is 10.6 Å². The highest BCUT2D eigenvalue weighted by Gasteiger charge is 2.57. The summed E-state index contributed by atoms with van der Waals surface area (Å²) in [6.07, 6.45) is -0.611. The largest absolute Gasteiger partial charge is 0.468 e. The number of fused-ring (bicyclic) bond motifs is 1. The third kappa shape index (κ3) is 3.14. The van der Waals surface area contributed by atoms with Crippen molar-refractivity contribution in [3.8, 4) is 0 Å². The molecule has 3 amide bonds. The van der Waals surface area contributed by atoms with Crippen LogP contribution in [0.3, 0.4) is 0 Å². The molecule has 0 aliphatic carbocycles. The van der Waals surface area contributed by atoms with Gasteiger partial charge >= 0.3 is 5.97 Å². The monoisotopic (exact) mass is 400 g/mol. The lowest BCUT2D eigenvalue weighted by atomic mass is 9.71. The first-order valence-corrected chi connectivity index (χ1v) is 8.76. The molecule has 1 atom stereocenters. The number of ether oxygens (including phenoxy) is 1. The van der Waals surface area contributed by atoms with Gasteiger partial charge in [0.1, 0.15) is 0 Å². The molecule has 28 heavy (non-hydrogen) atoms. The van der Waals surface area contributed by atoms with Gasteiger partial charge in [-0.2, -0.15) is 0 Å². The van der Waals surface area contributed by atoms with E-state index in [2.05, 4.69) is 0 Å². The van der Waals surface area contributed by atoms with Gasteiger partial charge in [0.2, 0.25) is 5.91 Å². The van der Waals surface area contributed by atoms with Crippen molar-refractivity contribution >= 4 is 35.3 Å². The first-order chi connectivity index (χ1) is 13.3. The summed E-state index contributed by atoms with van der Waals surface area (Å²) >= 11 is 5.88. The molecule has 7 nitrogen and oxygen atoms in total. The number of hydrogen-bond acceptors (Lipinski definition) is 5. The molecule has 0 aromatic heterocycles. The second-order valence-corrected chi connectivity index (χ2v) is 6.84. The molecule has 0 saturated carbocycles. The number of benzene rings is 2. The van der Waals surface area contributed by atoms with Crippen LogP contribution in [0.5, 0.6) is 0 Å². The molecular formula is C20H17ClN2O5. The Balaban J connectivity index is 2.18. The second-order valence-electron chi connectivity index (χ2n) is 6.41. The van der Waals surface area contributed by atoms with Gasteiger partial charge in [0.05, 0.1) is 20.1 Å². The van der Waals surface area contributed by atoms with E-state index in [-0.39, 0.29) is 17.7 Å². The predicted octanol–water partition coefficient (Wildman–Crippen LogP) is 1.81. The summed E-state index contributed by atoms with van der Waals surface area (Å²) < 4.78 is 4.85. The van der Waals surface area contributed by atoms with Crippen molar-refractivity contribution in [1.82, 2.24) is 4.90 Å². The third-order valence-corrected chi connectivity index (χ3v) is 4.95. The minimum atomic E-state index is -2.02. The molecule has 1 unspecified atom stereocenters. The SMILES string of the molecule is COC(=O)C1(CC(N)=O)C(=O)N(Cc2ccc(Cl)cc2)C(=O)c2ccccc21. The van der Waals surface area contributed by atoms with E-state index in [0.717, 1.165) is 12.0 Å². The molecule has 0 saturated heterocycles. The fourth-order valence-corrected chi connectivity index (χ4v) is 3.54. The van der Waals surface area contributed by atoms with Gasteiger partial charge in [-0.05, 0) is 29.3 Å². The Labute approximate surface area is 166 Å². The Morgan fingerprint density at radius 3 is 2.36 bits per heavy atom. The van der Waals surface area contributed by atoms with Crippen LogP contribution in [0.4, 0.5) is 0 Å². The highest BCUT2D eigenvalue weighted by atomic mass is 35.5. The van der Waals surface area contributed by atoms with Crippen molar-refractivity contribution in [2.75, 3.05) is 7.11 Å². The zero-order valence-corrected chi connectivity index (χ0v) is 15.7.